The molecule has 1 heterocycles. The van der Waals surface area contributed by atoms with E-state index in [2.05, 4.69) is 15.5 Å². The fraction of sp³-hybridized carbons (Fsp3) is 0.682. The number of halogens is 1. The van der Waals surface area contributed by atoms with E-state index >= 15 is 0 Å². The van der Waals surface area contributed by atoms with Crippen molar-refractivity contribution in [2.45, 2.75) is 38.5 Å². The first-order chi connectivity index (χ1) is 13.1. The maximum absolute atomic E-state index is 13.0. The number of piperazine rings is 1. The molecule has 154 valence electrons. The smallest absolute Gasteiger partial charge is 0.253 e. The Morgan fingerprint density at radius 2 is 1.71 bits per heavy atom. The summed E-state index contributed by atoms with van der Waals surface area (Å²) in [4.78, 5) is 15.3. The van der Waals surface area contributed by atoms with Crippen LogP contribution in [0, 0.1) is 23.2 Å². The topological polar surface area (TPSA) is 70.4 Å². The summed E-state index contributed by atoms with van der Waals surface area (Å²) in [7, 11) is 0. The van der Waals surface area contributed by atoms with Crippen molar-refractivity contribution in [3.63, 3.8) is 0 Å². The minimum Gasteiger partial charge on any atom is -0.396 e. The number of carbonyl (C=O) groups is 1. The van der Waals surface area contributed by atoms with Crippen LogP contribution in [0.25, 0.3) is 0 Å². The molecule has 5 fully saturated rings. The second kappa shape index (κ2) is 7.75. The highest BCUT2D eigenvalue weighted by Gasteiger charge is 2.50. The van der Waals surface area contributed by atoms with Crippen LogP contribution in [0.3, 0.4) is 0 Å². The molecule has 4 N–H and O–H groups in total. The van der Waals surface area contributed by atoms with Gasteiger partial charge in [0.1, 0.15) is 0 Å². The van der Waals surface area contributed by atoms with Gasteiger partial charge in [-0.05, 0) is 73.8 Å². The molecular formula is C22H33ClN4O. The van der Waals surface area contributed by atoms with Crippen molar-refractivity contribution in [3.05, 3.63) is 23.8 Å². The molecular weight excluding hydrogens is 372 g/mol. The number of para-hydroxylation sites is 1. The van der Waals surface area contributed by atoms with Crippen LogP contribution in [-0.4, -0.2) is 38.6 Å². The van der Waals surface area contributed by atoms with Crippen LogP contribution in [0.15, 0.2) is 18.2 Å². The van der Waals surface area contributed by atoms with E-state index in [4.69, 9.17) is 5.73 Å². The van der Waals surface area contributed by atoms with E-state index in [1.165, 1.54) is 38.5 Å². The Kier molecular flexibility index (Phi) is 5.49. The number of nitrogens with zero attached hydrogens (tertiary/aromatic N) is 1. The number of rotatable bonds is 4. The predicted molar refractivity (Wildman–Crippen MR) is 116 cm³/mol. The van der Waals surface area contributed by atoms with Gasteiger partial charge in [-0.25, -0.2) is 0 Å². The highest BCUT2D eigenvalue weighted by atomic mass is 35.5. The summed E-state index contributed by atoms with van der Waals surface area (Å²) >= 11 is 0. The lowest BCUT2D eigenvalue weighted by Crippen LogP contribution is -2.51. The summed E-state index contributed by atoms with van der Waals surface area (Å²) in [6.45, 7) is 4.61. The average Bonchev–Trinajstić information content (AvgIpc) is 2.66. The van der Waals surface area contributed by atoms with Gasteiger partial charge >= 0.3 is 0 Å². The van der Waals surface area contributed by atoms with Crippen LogP contribution in [0.4, 0.5) is 11.4 Å². The van der Waals surface area contributed by atoms with Crippen LogP contribution in [-0.2, 0) is 0 Å². The Morgan fingerprint density at radius 1 is 1.11 bits per heavy atom. The molecule has 1 aliphatic heterocycles. The van der Waals surface area contributed by atoms with E-state index in [1.54, 1.807) is 0 Å². The first-order valence-electron chi connectivity index (χ1n) is 10.7. The highest BCUT2D eigenvalue weighted by Crippen LogP contribution is 2.59. The molecule has 1 aromatic carbocycles. The molecule has 0 atom stereocenters. The molecule has 6 rings (SSSR count). The molecule has 4 aliphatic carbocycles. The maximum Gasteiger partial charge on any atom is 0.253 e. The first-order valence-corrected chi connectivity index (χ1v) is 10.7. The summed E-state index contributed by atoms with van der Waals surface area (Å²) in [5, 5.41) is 6.64. The number of hydrogen-bond donors (Lipinski definition) is 3. The van der Waals surface area contributed by atoms with Gasteiger partial charge in [-0.15, -0.1) is 12.4 Å². The molecule has 28 heavy (non-hydrogen) atoms. The minimum atomic E-state index is 0. The zero-order valence-electron chi connectivity index (χ0n) is 16.6. The Labute approximate surface area is 174 Å². The van der Waals surface area contributed by atoms with Crippen LogP contribution >= 0.6 is 12.4 Å². The Bertz CT molecular complexity index is 696. The van der Waals surface area contributed by atoms with E-state index in [-0.39, 0.29) is 18.3 Å². The van der Waals surface area contributed by atoms with Gasteiger partial charge in [0.05, 0.1) is 16.9 Å². The molecule has 5 nitrogen and oxygen atoms in total. The molecule has 1 saturated heterocycles. The number of anilines is 2. The molecule has 0 aromatic heterocycles. The molecule has 0 spiro atoms. The third-order valence-electron chi connectivity index (χ3n) is 7.57. The van der Waals surface area contributed by atoms with Gasteiger partial charge in [0.15, 0.2) is 0 Å². The summed E-state index contributed by atoms with van der Waals surface area (Å²) < 4.78 is 0. The molecule has 0 radical (unpaired) electrons. The Balaban J connectivity index is 0.00000192. The zero-order valence-corrected chi connectivity index (χ0v) is 17.4. The van der Waals surface area contributed by atoms with E-state index < -0.39 is 0 Å². The normalized spacial score (nSPS) is 33.4. The largest absolute Gasteiger partial charge is 0.396 e. The van der Waals surface area contributed by atoms with Crippen molar-refractivity contribution >= 4 is 29.7 Å². The first kappa shape index (κ1) is 19.8. The van der Waals surface area contributed by atoms with Gasteiger partial charge in [0.2, 0.25) is 0 Å². The van der Waals surface area contributed by atoms with E-state index in [0.29, 0.717) is 16.7 Å². The van der Waals surface area contributed by atoms with Crippen LogP contribution in [0.1, 0.15) is 48.9 Å². The van der Waals surface area contributed by atoms with E-state index in [1.807, 2.05) is 18.2 Å². The molecule has 6 heteroatoms. The van der Waals surface area contributed by atoms with Gasteiger partial charge < -0.3 is 21.3 Å². The second-order valence-electron chi connectivity index (χ2n) is 9.58. The molecule has 0 unspecified atom stereocenters. The van der Waals surface area contributed by atoms with Crippen molar-refractivity contribution in [2.75, 3.05) is 43.4 Å². The van der Waals surface area contributed by atoms with Crippen LogP contribution in [0.5, 0.6) is 0 Å². The zero-order chi connectivity index (χ0) is 18.4. The monoisotopic (exact) mass is 404 g/mol. The lowest BCUT2D eigenvalue weighted by Gasteiger charge is -2.56. The standard InChI is InChI=1S/C22H32N4O.ClH/c23-20-18(2-1-3-19(20)26-6-4-24-5-7-26)21(27)25-14-22-11-15-8-16(12-22)10-17(9-15)13-22;/h1-3,15-17,24H,4-14,23H2,(H,25,27);1H. The Hall–Kier alpha value is -1.46. The fourth-order valence-corrected chi connectivity index (χ4v) is 6.80. The molecule has 4 bridgehead atoms. The van der Waals surface area contributed by atoms with Gasteiger partial charge in [-0.1, -0.05) is 6.07 Å². The van der Waals surface area contributed by atoms with Gasteiger partial charge in [0, 0.05) is 32.7 Å². The number of nitrogens with one attached hydrogen (secondary N) is 2. The van der Waals surface area contributed by atoms with Crippen molar-refractivity contribution in [3.8, 4) is 0 Å². The third-order valence-corrected chi connectivity index (χ3v) is 7.57. The summed E-state index contributed by atoms with van der Waals surface area (Å²) in [5.74, 6) is 2.73. The van der Waals surface area contributed by atoms with Crippen molar-refractivity contribution < 1.29 is 4.79 Å². The van der Waals surface area contributed by atoms with Gasteiger partial charge in [-0.3, -0.25) is 4.79 Å². The second-order valence-corrected chi connectivity index (χ2v) is 9.58. The molecule has 1 amide bonds. The number of nitrogen functional groups attached to an aromatic ring is 1. The minimum absolute atomic E-state index is 0. The summed E-state index contributed by atoms with van der Waals surface area (Å²) in [6, 6.07) is 5.87. The van der Waals surface area contributed by atoms with Crippen molar-refractivity contribution in [1.82, 2.24) is 10.6 Å². The quantitative estimate of drug-likeness (QED) is 0.674. The number of nitrogens with two attached hydrogens (primary N) is 1. The van der Waals surface area contributed by atoms with Gasteiger partial charge in [-0.2, -0.15) is 0 Å². The van der Waals surface area contributed by atoms with Gasteiger partial charge in [0.25, 0.3) is 5.91 Å². The van der Waals surface area contributed by atoms with Crippen LogP contribution < -0.4 is 21.3 Å². The number of amides is 1. The number of benzene rings is 1. The third kappa shape index (κ3) is 3.59. The molecule has 5 aliphatic rings. The Morgan fingerprint density at radius 3 is 2.32 bits per heavy atom. The van der Waals surface area contributed by atoms with Crippen molar-refractivity contribution in [2.24, 2.45) is 23.2 Å². The average molecular weight is 405 g/mol. The fourth-order valence-electron chi connectivity index (χ4n) is 6.80. The van der Waals surface area contributed by atoms with Crippen LogP contribution in [0.2, 0.25) is 0 Å². The number of hydrogen-bond acceptors (Lipinski definition) is 4. The highest BCUT2D eigenvalue weighted by molar-refractivity contribution is 6.02. The lowest BCUT2D eigenvalue weighted by molar-refractivity contribution is -0.0503. The number of carbonyl (C=O) groups excluding carboxylic acids is 1. The van der Waals surface area contributed by atoms with Crippen molar-refractivity contribution in [1.29, 1.82) is 0 Å². The maximum atomic E-state index is 13.0. The lowest BCUT2D eigenvalue weighted by atomic mass is 9.49. The summed E-state index contributed by atoms with van der Waals surface area (Å²) in [5.41, 5.74) is 9.05. The summed E-state index contributed by atoms with van der Waals surface area (Å²) in [6.07, 6.45) is 8.26. The van der Waals surface area contributed by atoms with E-state index in [0.717, 1.165) is 56.2 Å². The molecule has 4 saturated carbocycles. The molecule has 1 aromatic rings. The SMILES string of the molecule is Cl.Nc1c(C(=O)NCC23CC4CC(CC(C4)C2)C3)cccc1N1CCNCC1. The van der Waals surface area contributed by atoms with E-state index in [9.17, 15) is 4.79 Å². The predicted octanol–water partition coefficient (Wildman–Crippen LogP) is 3.05.